The Morgan fingerprint density at radius 1 is 1.14 bits per heavy atom. The average molecular weight is 211 g/mol. The van der Waals surface area contributed by atoms with Gasteiger partial charge in [0.25, 0.3) is 0 Å². The Morgan fingerprint density at radius 2 is 1.64 bits per heavy atom. The van der Waals surface area contributed by atoms with Gasteiger partial charge in [0.15, 0.2) is 0 Å². The Balaban J connectivity index is 2.21. The third-order valence-corrected chi connectivity index (χ3v) is 4.89. The molecular formula is C13H19Cl. The zero-order chi connectivity index (χ0) is 10.2. The van der Waals surface area contributed by atoms with Crippen LogP contribution in [0.4, 0.5) is 0 Å². The highest BCUT2D eigenvalue weighted by Gasteiger charge is 2.46. The molecule has 0 radical (unpaired) electrons. The van der Waals surface area contributed by atoms with E-state index in [1.165, 1.54) is 25.7 Å². The van der Waals surface area contributed by atoms with E-state index in [1.807, 2.05) is 0 Å². The van der Waals surface area contributed by atoms with Gasteiger partial charge in [-0.3, -0.25) is 0 Å². The van der Waals surface area contributed by atoms with Crippen LogP contribution in [-0.4, -0.2) is 4.87 Å². The van der Waals surface area contributed by atoms with E-state index >= 15 is 0 Å². The van der Waals surface area contributed by atoms with Crippen molar-refractivity contribution in [1.29, 1.82) is 0 Å². The molecule has 0 saturated heterocycles. The molecule has 14 heavy (non-hydrogen) atoms. The lowest BCUT2D eigenvalue weighted by Crippen LogP contribution is -2.40. The molecule has 0 spiro atoms. The monoisotopic (exact) mass is 210 g/mol. The van der Waals surface area contributed by atoms with E-state index in [4.69, 9.17) is 11.6 Å². The lowest BCUT2D eigenvalue weighted by atomic mass is 9.68. The van der Waals surface area contributed by atoms with Crippen molar-refractivity contribution in [3.8, 4) is 0 Å². The summed E-state index contributed by atoms with van der Waals surface area (Å²) in [4.78, 5) is -0.234. The first-order valence-electron chi connectivity index (χ1n) is 5.62. The summed E-state index contributed by atoms with van der Waals surface area (Å²) in [5.41, 5.74) is 0.189. The van der Waals surface area contributed by atoms with Gasteiger partial charge in [-0.15, -0.1) is 11.6 Å². The van der Waals surface area contributed by atoms with Crippen molar-refractivity contribution < 1.29 is 0 Å². The van der Waals surface area contributed by atoms with Gasteiger partial charge in [-0.2, -0.15) is 0 Å². The van der Waals surface area contributed by atoms with Crippen LogP contribution in [-0.2, 0) is 0 Å². The molecule has 2 aliphatic rings. The van der Waals surface area contributed by atoms with Gasteiger partial charge in [-0.25, -0.2) is 0 Å². The Hall–Kier alpha value is -0.230. The topological polar surface area (TPSA) is 0 Å². The van der Waals surface area contributed by atoms with E-state index in [9.17, 15) is 0 Å². The van der Waals surface area contributed by atoms with Gasteiger partial charge in [0.2, 0.25) is 0 Å². The fourth-order valence-electron chi connectivity index (χ4n) is 2.84. The molecular weight excluding hydrogens is 192 g/mol. The number of hydrogen-bond donors (Lipinski definition) is 0. The molecule has 78 valence electrons. The Kier molecular flexibility index (Phi) is 2.51. The minimum atomic E-state index is -0.234. The fourth-order valence-corrected chi connectivity index (χ4v) is 3.14. The van der Waals surface area contributed by atoms with Crippen molar-refractivity contribution in [3.63, 3.8) is 0 Å². The zero-order valence-electron chi connectivity index (χ0n) is 9.09. The number of alkyl halides is 1. The summed E-state index contributed by atoms with van der Waals surface area (Å²) in [5.74, 6) is 0.785. The first-order chi connectivity index (χ1) is 6.56. The molecule has 0 aromatic heterocycles. The van der Waals surface area contributed by atoms with Crippen molar-refractivity contribution in [2.75, 3.05) is 0 Å². The Bertz CT molecular complexity index is 255. The Morgan fingerprint density at radius 3 is 2.14 bits per heavy atom. The molecule has 0 amide bonds. The van der Waals surface area contributed by atoms with Gasteiger partial charge in [0, 0.05) is 0 Å². The summed E-state index contributed by atoms with van der Waals surface area (Å²) < 4.78 is 0. The summed E-state index contributed by atoms with van der Waals surface area (Å²) >= 11 is 6.67. The second kappa shape index (κ2) is 3.41. The van der Waals surface area contributed by atoms with Crippen LogP contribution < -0.4 is 0 Å². The van der Waals surface area contributed by atoms with Crippen LogP contribution in [0.25, 0.3) is 0 Å². The minimum absolute atomic E-state index is 0.189. The Labute approximate surface area is 92.0 Å². The first kappa shape index (κ1) is 10.3. The number of allylic oxidation sites excluding steroid dienone is 4. The third-order valence-electron chi connectivity index (χ3n) is 4.15. The maximum Gasteiger partial charge on any atom is 0.0865 e. The van der Waals surface area contributed by atoms with Crippen LogP contribution >= 0.6 is 11.6 Å². The summed E-state index contributed by atoms with van der Waals surface area (Å²) in [6.07, 6.45) is 13.9. The van der Waals surface area contributed by atoms with Crippen molar-refractivity contribution in [2.24, 2.45) is 11.3 Å². The molecule has 0 aromatic rings. The molecule has 1 fully saturated rings. The van der Waals surface area contributed by atoms with Gasteiger partial charge >= 0.3 is 0 Å². The largest absolute Gasteiger partial charge is 0.110 e. The van der Waals surface area contributed by atoms with Crippen LogP contribution in [0.1, 0.15) is 39.5 Å². The van der Waals surface area contributed by atoms with E-state index < -0.39 is 0 Å². The van der Waals surface area contributed by atoms with Crippen molar-refractivity contribution in [1.82, 2.24) is 0 Å². The minimum Gasteiger partial charge on any atom is -0.110 e. The van der Waals surface area contributed by atoms with E-state index in [2.05, 4.69) is 38.2 Å². The standard InChI is InChI=1S/C13H19Cl/c1-12(2,11-7-3-4-8-11)13(14)9-5-6-10-13/h5-6,9-11H,3-4,7-8H2,1-2H3. The van der Waals surface area contributed by atoms with Crippen LogP contribution in [0.3, 0.4) is 0 Å². The van der Waals surface area contributed by atoms with Gasteiger partial charge in [-0.1, -0.05) is 51.0 Å². The quantitative estimate of drug-likeness (QED) is 0.596. The summed E-state index contributed by atoms with van der Waals surface area (Å²) in [6, 6.07) is 0. The molecule has 0 N–H and O–H groups in total. The smallest absolute Gasteiger partial charge is 0.0865 e. The number of hydrogen-bond acceptors (Lipinski definition) is 0. The third kappa shape index (κ3) is 1.44. The molecule has 0 bridgehead atoms. The van der Waals surface area contributed by atoms with Crippen LogP contribution in [0, 0.1) is 11.3 Å². The molecule has 1 heteroatoms. The molecule has 0 aromatic carbocycles. The molecule has 1 saturated carbocycles. The maximum absolute atomic E-state index is 6.67. The molecule has 0 heterocycles. The van der Waals surface area contributed by atoms with Crippen molar-refractivity contribution in [2.45, 2.75) is 44.4 Å². The van der Waals surface area contributed by atoms with Crippen LogP contribution in [0.5, 0.6) is 0 Å². The number of rotatable bonds is 2. The normalized spacial score (nSPS) is 26.2. The van der Waals surface area contributed by atoms with Gasteiger partial charge in [0.1, 0.15) is 0 Å². The predicted molar refractivity (Wildman–Crippen MR) is 62.6 cm³/mol. The summed E-state index contributed by atoms with van der Waals surface area (Å²) in [5, 5.41) is 0. The SMILES string of the molecule is CC(C)(C1CCCC1)C1(Cl)C=CC=C1. The van der Waals surface area contributed by atoms with E-state index in [1.54, 1.807) is 0 Å². The zero-order valence-corrected chi connectivity index (χ0v) is 9.85. The van der Waals surface area contributed by atoms with Crippen LogP contribution in [0.2, 0.25) is 0 Å². The van der Waals surface area contributed by atoms with E-state index in [-0.39, 0.29) is 10.3 Å². The second-order valence-electron chi connectivity index (χ2n) is 5.19. The maximum atomic E-state index is 6.67. The highest BCUT2D eigenvalue weighted by molar-refractivity contribution is 6.27. The van der Waals surface area contributed by atoms with Crippen LogP contribution in [0.15, 0.2) is 24.3 Å². The van der Waals surface area contributed by atoms with E-state index in [0.29, 0.717) is 0 Å². The highest BCUT2D eigenvalue weighted by atomic mass is 35.5. The van der Waals surface area contributed by atoms with Crippen molar-refractivity contribution >= 4 is 11.6 Å². The molecule has 2 rings (SSSR count). The molecule has 2 aliphatic carbocycles. The van der Waals surface area contributed by atoms with Gasteiger partial charge < -0.3 is 0 Å². The fraction of sp³-hybridized carbons (Fsp3) is 0.692. The number of halogens is 1. The van der Waals surface area contributed by atoms with E-state index in [0.717, 1.165) is 5.92 Å². The molecule has 0 unspecified atom stereocenters. The van der Waals surface area contributed by atoms with Crippen molar-refractivity contribution in [3.05, 3.63) is 24.3 Å². The lowest BCUT2D eigenvalue weighted by molar-refractivity contribution is 0.192. The lowest BCUT2D eigenvalue weighted by Gasteiger charge is -2.42. The van der Waals surface area contributed by atoms with Gasteiger partial charge in [0.05, 0.1) is 4.87 Å². The first-order valence-corrected chi connectivity index (χ1v) is 6.00. The predicted octanol–water partition coefficient (Wildman–Crippen LogP) is 4.31. The second-order valence-corrected chi connectivity index (χ2v) is 5.81. The highest BCUT2D eigenvalue weighted by Crippen LogP contribution is 2.51. The average Bonchev–Trinajstić information content (AvgIpc) is 2.73. The molecule has 0 nitrogen and oxygen atoms in total. The van der Waals surface area contributed by atoms with Gasteiger partial charge in [-0.05, 0) is 24.2 Å². The summed E-state index contributed by atoms with van der Waals surface area (Å²) in [6.45, 7) is 4.63. The molecule has 0 atom stereocenters. The molecule has 0 aliphatic heterocycles. The summed E-state index contributed by atoms with van der Waals surface area (Å²) in [7, 11) is 0.